The molecule has 2 aromatic rings. The van der Waals surface area contributed by atoms with E-state index in [2.05, 4.69) is 10.6 Å². The van der Waals surface area contributed by atoms with Gasteiger partial charge in [-0.25, -0.2) is 4.79 Å². The monoisotopic (exact) mass is 404 g/mol. The lowest BCUT2D eigenvalue weighted by Crippen LogP contribution is -2.37. The minimum absolute atomic E-state index is 0.0326. The van der Waals surface area contributed by atoms with Crippen molar-refractivity contribution in [1.82, 2.24) is 5.32 Å². The fourth-order valence-corrected chi connectivity index (χ4v) is 4.33. The van der Waals surface area contributed by atoms with E-state index < -0.39 is 17.5 Å². The lowest BCUT2D eigenvalue weighted by molar-refractivity contribution is -0.148. The van der Waals surface area contributed by atoms with Crippen molar-refractivity contribution < 1.29 is 19.1 Å². The van der Waals surface area contributed by atoms with E-state index >= 15 is 0 Å². The van der Waals surface area contributed by atoms with Gasteiger partial charge in [0.05, 0.1) is 0 Å². The number of allylic oxidation sites excluding steroid dienone is 1. The number of rotatable bonds is 6. The maximum Gasteiger partial charge on any atom is 0.355 e. The molecule has 2 N–H and O–H groups in total. The zero-order valence-electron chi connectivity index (χ0n) is 16.8. The summed E-state index contributed by atoms with van der Waals surface area (Å²) in [5.74, 6) is -1.89. The quantitative estimate of drug-likeness (QED) is 0.332. The highest BCUT2D eigenvalue weighted by Gasteiger charge is 2.41. The van der Waals surface area contributed by atoms with Gasteiger partial charge in [-0.2, -0.15) is 0 Å². The summed E-state index contributed by atoms with van der Waals surface area (Å²) in [6.07, 6.45) is 3.71. The van der Waals surface area contributed by atoms with Crippen LogP contribution in [-0.4, -0.2) is 30.6 Å². The largest absolute Gasteiger partial charge is 0.452 e. The highest BCUT2D eigenvalue weighted by Crippen LogP contribution is 2.46. The van der Waals surface area contributed by atoms with E-state index in [4.69, 9.17) is 4.74 Å². The number of para-hydroxylation sites is 1. The zero-order valence-corrected chi connectivity index (χ0v) is 16.8. The summed E-state index contributed by atoms with van der Waals surface area (Å²) in [5.41, 5.74) is 2.17. The first-order chi connectivity index (χ1) is 14.6. The molecule has 0 radical (unpaired) electrons. The highest BCUT2D eigenvalue weighted by molar-refractivity contribution is 6.47. The molecule has 1 aliphatic heterocycles. The second kappa shape index (κ2) is 8.53. The van der Waals surface area contributed by atoms with Gasteiger partial charge in [-0.3, -0.25) is 9.59 Å². The minimum atomic E-state index is -0.771. The number of ketones is 2. The number of Topliss-reactive ketones (excluding diaryl/α,β-unsaturated/α-hetero) is 1. The Bertz CT molecular complexity index is 999. The predicted molar refractivity (Wildman–Crippen MR) is 113 cm³/mol. The summed E-state index contributed by atoms with van der Waals surface area (Å²) in [6.45, 7) is 0. The van der Waals surface area contributed by atoms with Crippen molar-refractivity contribution in [1.29, 1.82) is 0 Å². The van der Waals surface area contributed by atoms with Crippen molar-refractivity contribution in [3.63, 3.8) is 0 Å². The number of anilines is 1. The maximum absolute atomic E-state index is 12.9. The lowest BCUT2D eigenvalue weighted by atomic mass is 9.86. The molecule has 1 saturated carbocycles. The molecule has 0 spiro atoms. The number of hydrogen-bond donors (Lipinski definition) is 2. The van der Waals surface area contributed by atoms with Gasteiger partial charge >= 0.3 is 5.97 Å². The Morgan fingerprint density at radius 2 is 1.77 bits per heavy atom. The van der Waals surface area contributed by atoms with Crippen molar-refractivity contribution in [2.75, 3.05) is 12.4 Å². The number of esters is 1. The Kier molecular flexibility index (Phi) is 5.65. The molecule has 0 aromatic heterocycles. The summed E-state index contributed by atoms with van der Waals surface area (Å²) in [4.78, 5) is 37.6. The van der Waals surface area contributed by atoms with Crippen molar-refractivity contribution in [3.05, 3.63) is 77.5 Å². The molecule has 4 rings (SSSR count). The van der Waals surface area contributed by atoms with Crippen LogP contribution in [0.4, 0.5) is 5.69 Å². The summed E-state index contributed by atoms with van der Waals surface area (Å²) >= 11 is 0. The molecule has 1 heterocycles. The van der Waals surface area contributed by atoms with Crippen LogP contribution in [0.25, 0.3) is 0 Å². The number of fused-ring (bicyclic) bond motifs is 2. The molecule has 154 valence electrons. The van der Waals surface area contributed by atoms with E-state index in [1.54, 1.807) is 30.3 Å². The van der Waals surface area contributed by atoms with Crippen LogP contribution in [-0.2, 0) is 14.3 Å². The van der Waals surface area contributed by atoms with E-state index in [1.807, 2.05) is 24.3 Å². The van der Waals surface area contributed by atoms with Gasteiger partial charge in [-0.1, -0.05) is 55.0 Å². The van der Waals surface area contributed by atoms with Crippen LogP contribution in [0.5, 0.6) is 0 Å². The van der Waals surface area contributed by atoms with Crippen LogP contribution >= 0.6 is 0 Å². The van der Waals surface area contributed by atoms with Crippen LogP contribution < -0.4 is 10.6 Å². The predicted octanol–water partition coefficient (Wildman–Crippen LogP) is 3.42. The molecular formula is C24H24N2O4. The summed E-state index contributed by atoms with van der Waals surface area (Å²) < 4.78 is 5.90. The number of nitrogens with one attached hydrogen (secondary N) is 2. The van der Waals surface area contributed by atoms with E-state index in [-0.39, 0.29) is 29.3 Å². The summed E-state index contributed by atoms with van der Waals surface area (Å²) in [7, 11) is 1.53. The molecule has 6 heteroatoms. The lowest BCUT2D eigenvalue weighted by Gasteiger charge is -2.36. The number of ether oxygens (including phenoxy) is 1. The van der Waals surface area contributed by atoms with E-state index in [0.29, 0.717) is 0 Å². The van der Waals surface area contributed by atoms with Gasteiger partial charge in [0.25, 0.3) is 0 Å². The molecule has 3 unspecified atom stereocenters. The van der Waals surface area contributed by atoms with Gasteiger partial charge in [-0.05, 0) is 18.9 Å². The minimum Gasteiger partial charge on any atom is -0.452 e. The molecule has 1 aliphatic carbocycles. The standard InChI is InChI=1S/C24H24N2O4/c1-25-20(14-21(27)22(28)15-8-3-2-4-9-15)24(29)30-23-16-10-5-6-12-18(16)26-19-13-7-11-17(19)23/h2-6,8-10,12,14,17,19,23,25-26H,7,11,13H2,1H3. The van der Waals surface area contributed by atoms with Crippen LogP contribution in [0, 0.1) is 5.92 Å². The topological polar surface area (TPSA) is 84.5 Å². The normalized spacial score (nSPS) is 22.3. The maximum atomic E-state index is 12.9. The number of hydrogen-bond acceptors (Lipinski definition) is 6. The third-order valence-electron chi connectivity index (χ3n) is 5.82. The molecule has 2 aromatic carbocycles. The molecule has 2 aliphatic rings. The zero-order chi connectivity index (χ0) is 21.1. The van der Waals surface area contributed by atoms with Crippen molar-refractivity contribution >= 4 is 23.2 Å². The Balaban J connectivity index is 1.55. The van der Waals surface area contributed by atoms with Gasteiger partial charge in [0.15, 0.2) is 0 Å². The van der Waals surface area contributed by atoms with E-state index in [0.717, 1.165) is 36.6 Å². The Morgan fingerprint density at radius 1 is 1.03 bits per heavy atom. The van der Waals surface area contributed by atoms with Crippen LogP contribution in [0.2, 0.25) is 0 Å². The second-order valence-corrected chi connectivity index (χ2v) is 7.63. The molecule has 0 saturated heterocycles. The Hall–Kier alpha value is -3.41. The molecule has 3 atom stereocenters. The Labute approximate surface area is 175 Å². The van der Waals surface area contributed by atoms with Crippen molar-refractivity contribution in [2.24, 2.45) is 5.92 Å². The summed E-state index contributed by atoms with van der Waals surface area (Å²) in [5, 5.41) is 6.26. The van der Waals surface area contributed by atoms with Crippen molar-refractivity contribution in [2.45, 2.75) is 31.4 Å². The average molecular weight is 404 g/mol. The third-order valence-corrected chi connectivity index (χ3v) is 5.82. The smallest absolute Gasteiger partial charge is 0.355 e. The van der Waals surface area contributed by atoms with Gasteiger partial charge in [0.2, 0.25) is 11.6 Å². The first kappa shape index (κ1) is 19.9. The van der Waals surface area contributed by atoms with Crippen LogP contribution in [0.15, 0.2) is 66.4 Å². The number of carbonyl (C=O) groups is 3. The SMILES string of the molecule is CNC(=CC(=O)C(=O)c1ccccc1)C(=O)OC1c2ccccc2NC2CCCC21. The van der Waals surface area contributed by atoms with E-state index in [1.165, 1.54) is 7.05 Å². The van der Waals surface area contributed by atoms with Crippen molar-refractivity contribution in [3.8, 4) is 0 Å². The Morgan fingerprint density at radius 3 is 2.53 bits per heavy atom. The highest BCUT2D eigenvalue weighted by atomic mass is 16.5. The molecule has 6 nitrogen and oxygen atoms in total. The fourth-order valence-electron chi connectivity index (χ4n) is 4.33. The van der Waals surface area contributed by atoms with Gasteiger partial charge in [0, 0.05) is 41.9 Å². The van der Waals surface area contributed by atoms with Gasteiger partial charge < -0.3 is 15.4 Å². The van der Waals surface area contributed by atoms with Gasteiger partial charge in [0.1, 0.15) is 11.8 Å². The average Bonchev–Trinajstić information content (AvgIpc) is 3.25. The third kappa shape index (κ3) is 3.85. The molecule has 1 fully saturated rings. The first-order valence-electron chi connectivity index (χ1n) is 10.2. The number of likely N-dealkylation sites (N-methyl/N-ethyl adjacent to an activating group) is 1. The number of carbonyl (C=O) groups excluding carboxylic acids is 3. The van der Waals surface area contributed by atoms with Gasteiger partial charge in [-0.15, -0.1) is 0 Å². The summed E-state index contributed by atoms with van der Waals surface area (Å²) in [6, 6.07) is 16.4. The molecule has 30 heavy (non-hydrogen) atoms. The molecule has 0 bridgehead atoms. The van der Waals surface area contributed by atoms with Crippen LogP contribution in [0.1, 0.15) is 41.3 Å². The second-order valence-electron chi connectivity index (χ2n) is 7.63. The number of benzene rings is 2. The fraction of sp³-hybridized carbons (Fsp3) is 0.292. The molecular weight excluding hydrogens is 380 g/mol. The first-order valence-corrected chi connectivity index (χ1v) is 10.2. The molecule has 0 amide bonds. The van der Waals surface area contributed by atoms with E-state index in [9.17, 15) is 14.4 Å². The van der Waals surface area contributed by atoms with Crippen LogP contribution in [0.3, 0.4) is 0 Å².